The van der Waals surface area contributed by atoms with Crippen LogP contribution in [0.25, 0.3) is 0 Å². The number of pyridine rings is 1. The maximum absolute atomic E-state index is 15.6. The van der Waals surface area contributed by atoms with Crippen LogP contribution in [0, 0.1) is 35.3 Å². The standard InChI is InChI=1S/C29H28Cl2F2N4O/c1-17-22(8-6-12-35-17)36-27(38)24-14-29(16-34,19-11-10-18(30)13-21(19)32)25(15-28(2,3)4)37(24)23-9-5-7-20(31)26(23)33/h5-13,24-25H,14-15H2,1-4H3,(H,36,38). The zero-order valence-electron chi connectivity index (χ0n) is 21.5. The molecule has 0 radical (unpaired) electrons. The average Bonchev–Trinajstić information content (AvgIpc) is 3.15. The number of amides is 1. The van der Waals surface area contributed by atoms with Crippen LogP contribution >= 0.6 is 23.2 Å². The second kappa shape index (κ2) is 10.5. The molecule has 1 N–H and O–H groups in total. The second-order valence-corrected chi connectivity index (χ2v) is 11.7. The number of anilines is 2. The van der Waals surface area contributed by atoms with Crippen molar-refractivity contribution in [3.05, 3.63) is 87.7 Å². The Morgan fingerprint density at radius 1 is 1.21 bits per heavy atom. The van der Waals surface area contributed by atoms with Crippen molar-refractivity contribution in [2.45, 2.75) is 58.0 Å². The highest BCUT2D eigenvalue weighted by atomic mass is 35.5. The van der Waals surface area contributed by atoms with Crippen molar-refractivity contribution < 1.29 is 13.6 Å². The minimum absolute atomic E-state index is 0.0707. The Morgan fingerprint density at radius 3 is 2.58 bits per heavy atom. The first-order valence-electron chi connectivity index (χ1n) is 12.2. The summed E-state index contributed by atoms with van der Waals surface area (Å²) in [6.45, 7) is 7.69. The molecule has 3 atom stereocenters. The molecule has 2 aromatic carbocycles. The van der Waals surface area contributed by atoms with E-state index in [0.717, 1.165) is 6.07 Å². The van der Waals surface area contributed by atoms with Crippen LogP contribution in [-0.4, -0.2) is 23.0 Å². The van der Waals surface area contributed by atoms with Gasteiger partial charge in [0.15, 0.2) is 5.82 Å². The van der Waals surface area contributed by atoms with Crippen molar-refractivity contribution in [1.82, 2.24) is 4.98 Å². The molecule has 0 bridgehead atoms. The molecule has 1 aliphatic heterocycles. The summed E-state index contributed by atoms with van der Waals surface area (Å²) in [6.07, 6.45) is 1.88. The highest BCUT2D eigenvalue weighted by Crippen LogP contribution is 2.50. The monoisotopic (exact) mass is 556 g/mol. The molecule has 198 valence electrons. The van der Waals surface area contributed by atoms with Gasteiger partial charge in [-0.25, -0.2) is 8.78 Å². The molecule has 0 aliphatic carbocycles. The van der Waals surface area contributed by atoms with Gasteiger partial charge in [0, 0.05) is 23.2 Å². The normalized spacial score (nSPS) is 21.3. The zero-order chi connectivity index (χ0) is 27.8. The zero-order valence-corrected chi connectivity index (χ0v) is 23.0. The number of nitriles is 1. The minimum Gasteiger partial charge on any atom is -0.352 e. The van der Waals surface area contributed by atoms with Gasteiger partial charge in [0.2, 0.25) is 5.91 Å². The molecule has 3 aromatic rings. The average molecular weight is 557 g/mol. The van der Waals surface area contributed by atoms with Crippen molar-refractivity contribution >= 4 is 40.5 Å². The topological polar surface area (TPSA) is 69.0 Å². The summed E-state index contributed by atoms with van der Waals surface area (Å²) in [7, 11) is 0. The number of nitrogens with zero attached hydrogens (tertiary/aromatic N) is 3. The van der Waals surface area contributed by atoms with E-state index < -0.39 is 35.0 Å². The van der Waals surface area contributed by atoms with Crippen LogP contribution in [0.2, 0.25) is 10.0 Å². The van der Waals surface area contributed by atoms with Crippen LogP contribution in [0.3, 0.4) is 0 Å². The van der Waals surface area contributed by atoms with Crippen molar-refractivity contribution in [3.63, 3.8) is 0 Å². The SMILES string of the molecule is Cc1ncccc1NC(=O)C1CC(C#N)(c2ccc(Cl)cc2F)C(CC(C)(C)C)N1c1cccc(Cl)c1F. The molecule has 1 fully saturated rings. The number of hydrogen-bond donors (Lipinski definition) is 1. The fraction of sp³-hybridized carbons (Fsp3) is 0.345. The molecule has 4 rings (SSSR count). The summed E-state index contributed by atoms with van der Waals surface area (Å²) >= 11 is 12.2. The second-order valence-electron chi connectivity index (χ2n) is 10.8. The molecule has 2 heterocycles. The summed E-state index contributed by atoms with van der Waals surface area (Å²) in [6, 6.07) is 12.6. The Balaban J connectivity index is 1.95. The number of aromatic nitrogens is 1. The van der Waals surface area contributed by atoms with Crippen molar-refractivity contribution in [2.75, 3.05) is 10.2 Å². The predicted octanol–water partition coefficient (Wildman–Crippen LogP) is 7.46. The molecule has 1 amide bonds. The van der Waals surface area contributed by atoms with Crippen LogP contribution in [0.4, 0.5) is 20.2 Å². The number of carbonyl (C=O) groups is 1. The molecule has 38 heavy (non-hydrogen) atoms. The van der Waals surface area contributed by atoms with E-state index in [4.69, 9.17) is 23.2 Å². The summed E-state index contributed by atoms with van der Waals surface area (Å²) in [5.41, 5.74) is -0.596. The third kappa shape index (κ3) is 5.21. The first kappa shape index (κ1) is 27.8. The number of benzene rings is 2. The lowest BCUT2D eigenvalue weighted by Crippen LogP contribution is -2.48. The summed E-state index contributed by atoms with van der Waals surface area (Å²) < 4.78 is 31.1. The number of rotatable bonds is 5. The fourth-order valence-electron chi connectivity index (χ4n) is 5.25. The molecule has 1 aromatic heterocycles. The first-order chi connectivity index (χ1) is 17.9. The molecule has 0 saturated carbocycles. The number of hydrogen-bond acceptors (Lipinski definition) is 4. The van der Waals surface area contributed by atoms with Gasteiger partial charge in [-0.1, -0.05) is 56.1 Å². The van der Waals surface area contributed by atoms with E-state index in [2.05, 4.69) is 16.4 Å². The van der Waals surface area contributed by atoms with Gasteiger partial charge < -0.3 is 10.2 Å². The third-order valence-electron chi connectivity index (χ3n) is 6.95. The van der Waals surface area contributed by atoms with Gasteiger partial charge in [-0.05, 0) is 55.2 Å². The van der Waals surface area contributed by atoms with Crippen molar-refractivity contribution in [3.8, 4) is 6.07 Å². The summed E-state index contributed by atoms with van der Waals surface area (Å²) in [5.74, 6) is -1.84. The van der Waals surface area contributed by atoms with Gasteiger partial charge in [0.25, 0.3) is 0 Å². The molecular formula is C29H28Cl2F2N4O. The van der Waals surface area contributed by atoms with Crippen LogP contribution in [0.1, 0.15) is 44.9 Å². The smallest absolute Gasteiger partial charge is 0.247 e. The van der Waals surface area contributed by atoms with Gasteiger partial charge in [-0.2, -0.15) is 5.26 Å². The van der Waals surface area contributed by atoms with E-state index in [9.17, 15) is 10.1 Å². The van der Waals surface area contributed by atoms with Gasteiger partial charge in [-0.3, -0.25) is 9.78 Å². The van der Waals surface area contributed by atoms with E-state index in [1.807, 2.05) is 20.8 Å². The first-order valence-corrected chi connectivity index (χ1v) is 12.9. The quantitative estimate of drug-likeness (QED) is 0.354. The van der Waals surface area contributed by atoms with Crippen molar-refractivity contribution in [2.24, 2.45) is 5.41 Å². The molecule has 5 nitrogen and oxygen atoms in total. The number of carbonyl (C=O) groups excluding carboxylic acids is 1. The maximum atomic E-state index is 15.6. The number of halogens is 4. The molecule has 9 heteroatoms. The van der Waals surface area contributed by atoms with Crippen LogP contribution in [0.5, 0.6) is 0 Å². The fourth-order valence-corrected chi connectivity index (χ4v) is 5.58. The van der Waals surface area contributed by atoms with Crippen LogP contribution < -0.4 is 10.2 Å². The maximum Gasteiger partial charge on any atom is 0.247 e. The largest absolute Gasteiger partial charge is 0.352 e. The van der Waals surface area contributed by atoms with Crippen LogP contribution in [0.15, 0.2) is 54.7 Å². The predicted molar refractivity (Wildman–Crippen MR) is 146 cm³/mol. The molecule has 0 spiro atoms. The van der Waals surface area contributed by atoms with Crippen LogP contribution in [-0.2, 0) is 10.2 Å². The van der Waals surface area contributed by atoms with E-state index in [1.165, 1.54) is 24.3 Å². The lowest BCUT2D eigenvalue weighted by molar-refractivity contribution is -0.117. The van der Waals surface area contributed by atoms with Crippen molar-refractivity contribution in [1.29, 1.82) is 5.26 Å². The highest BCUT2D eigenvalue weighted by molar-refractivity contribution is 6.31. The number of aryl methyl sites for hydroxylation is 1. The van der Waals surface area contributed by atoms with Gasteiger partial charge >= 0.3 is 0 Å². The minimum atomic E-state index is -1.50. The van der Waals surface area contributed by atoms with E-state index in [-0.39, 0.29) is 33.1 Å². The Labute approximate surface area is 231 Å². The molecule has 1 aliphatic rings. The Kier molecular flexibility index (Phi) is 7.69. The molecule has 3 unspecified atom stereocenters. The van der Waals surface area contributed by atoms with E-state index >= 15 is 8.78 Å². The molecular weight excluding hydrogens is 529 g/mol. The lowest BCUT2D eigenvalue weighted by Gasteiger charge is -2.39. The van der Waals surface area contributed by atoms with Gasteiger partial charge in [0.05, 0.1) is 34.2 Å². The Bertz CT molecular complexity index is 1420. The Hall–Kier alpha value is -3.21. The summed E-state index contributed by atoms with van der Waals surface area (Å²) in [5, 5.41) is 13.7. The number of nitrogens with one attached hydrogen (secondary N) is 1. The highest BCUT2D eigenvalue weighted by Gasteiger charge is 2.58. The Morgan fingerprint density at radius 2 is 1.95 bits per heavy atom. The third-order valence-corrected chi connectivity index (χ3v) is 7.48. The van der Waals surface area contributed by atoms with E-state index in [1.54, 1.807) is 36.2 Å². The molecule has 1 saturated heterocycles. The van der Waals surface area contributed by atoms with E-state index in [0.29, 0.717) is 17.8 Å². The van der Waals surface area contributed by atoms with Gasteiger partial charge in [-0.15, -0.1) is 0 Å². The summed E-state index contributed by atoms with van der Waals surface area (Å²) in [4.78, 5) is 19.7. The van der Waals surface area contributed by atoms with Gasteiger partial charge in [0.1, 0.15) is 17.3 Å². The lowest BCUT2D eigenvalue weighted by atomic mass is 9.70.